The number of carbonyl (C=O) groups excluding carboxylic acids is 1. The quantitative estimate of drug-likeness (QED) is 0.660. The Labute approximate surface area is 172 Å². The number of para-hydroxylation sites is 2. The van der Waals surface area contributed by atoms with Crippen LogP contribution in [0, 0.1) is 5.82 Å². The molecule has 1 fully saturated rings. The number of hydrogen-bond donors (Lipinski definition) is 0. The molecule has 0 radical (unpaired) electrons. The number of carbonyl (C=O) groups is 1. The zero-order valence-electron chi connectivity index (χ0n) is 16.2. The summed E-state index contributed by atoms with van der Waals surface area (Å²) in [5.74, 6) is 1.87. The molecule has 8 heteroatoms. The zero-order chi connectivity index (χ0) is 20.5. The summed E-state index contributed by atoms with van der Waals surface area (Å²) in [5.41, 5.74) is 0.678. The van der Waals surface area contributed by atoms with Gasteiger partial charge in [-0.15, -0.1) is 10.2 Å². The van der Waals surface area contributed by atoms with Crippen molar-refractivity contribution in [1.82, 2.24) is 15.1 Å². The third-order valence-corrected chi connectivity index (χ3v) is 5.47. The highest BCUT2D eigenvalue weighted by atomic mass is 19.1. The lowest BCUT2D eigenvalue weighted by Crippen LogP contribution is -2.48. The first-order valence-electron chi connectivity index (χ1n) is 9.94. The Morgan fingerprint density at radius 1 is 1.00 bits per heavy atom. The van der Waals surface area contributed by atoms with Crippen LogP contribution in [-0.2, 0) is 4.79 Å². The van der Waals surface area contributed by atoms with Crippen molar-refractivity contribution in [1.29, 1.82) is 0 Å². The van der Waals surface area contributed by atoms with E-state index in [4.69, 9.17) is 13.9 Å². The van der Waals surface area contributed by atoms with Crippen LogP contribution in [0.3, 0.4) is 0 Å². The molecule has 1 saturated heterocycles. The lowest BCUT2D eigenvalue weighted by atomic mass is 9.96. The Morgan fingerprint density at radius 2 is 1.73 bits per heavy atom. The third-order valence-electron chi connectivity index (χ3n) is 5.47. The predicted molar refractivity (Wildman–Crippen MR) is 105 cm³/mol. The maximum absolute atomic E-state index is 13.1. The van der Waals surface area contributed by atoms with E-state index in [0.717, 1.165) is 12.8 Å². The lowest BCUT2D eigenvalue weighted by Gasteiger charge is -2.34. The first-order chi connectivity index (χ1) is 14.7. The van der Waals surface area contributed by atoms with E-state index in [2.05, 4.69) is 10.2 Å². The Balaban J connectivity index is 1.20. The van der Waals surface area contributed by atoms with Crippen LogP contribution < -0.4 is 9.47 Å². The van der Waals surface area contributed by atoms with Gasteiger partial charge in [0.2, 0.25) is 17.9 Å². The molecular formula is C22H20FN3O4. The highest BCUT2D eigenvalue weighted by Crippen LogP contribution is 2.33. The average molecular weight is 409 g/mol. The van der Waals surface area contributed by atoms with E-state index >= 15 is 0 Å². The van der Waals surface area contributed by atoms with Gasteiger partial charge in [0, 0.05) is 24.6 Å². The summed E-state index contributed by atoms with van der Waals surface area (Å²) >= 11 is 0. The molecule has 3 aromatic rings. The molecule has 2 aliphatic rings. The van der Waals surface area contributed by atoms with Crippen molar-refractivity contribution in [3.63, 3.8) is 0 Å². The predicted octanol–water partition coefficient (Wildman–Crippen LogP) is 3.42. The fourth-order valence-corrected chi connectivity index (χ4v) is 3.80. The van der Waals surface area contributed by atoms with Crippen molar-refractivity contribution < 1.29 is 23.1 Å². The van der Waals surface area contributed by atoms with E-state index in [9.17, 15) is 9.18 Å². The molecule has 0 bridgehead atoms. The van der Waals surface area contributed by atoms with Gasteiger partial charge in [-0.25, -0.2) is 4.39 Å². The van der Waals surface area contributed by atoms with Crippen LogP contribution in [0.1, 0.15) is 24.7 Å². The molecule has 2 aliphatic heterocycles. The number of ether oxygens (including phenoxy) is 2. The maximum atomic E-state index is 13.1. The van der Waals surface area contributed by atoms with Gasteiger partial charge in [0.25, 0.3) is 5.91 Å². The summed E-state index contributed by atoms with van der Waals surface area (Å²) < 4.78 is 30.4. The van der Waals surface area contributed by atoms with E-state index in [1.54, 1.807) is 23.1 Å². The minimum atomic E-state index is -0.634. The first kappa shape index (κ1) is 18.6. The normalized spacial score (nSPS) is 19.0. The molecule has 30 heavy (non-hydrogen) atoms. The molecule has 1 aromatic heterocycles. The molecule has 0 saturated carbocycles. The van der Waals surface area contributed by atoms with Crippen LogP contribution in [0.2, 0.25) is 0 Å². The van der Waals surface area contributed by atoms with Crippen molar-refractivity contribution in [3.05, 3.63) is 60.2 Å². The second-order valence-corrected chi connectivity index (χ2v) is 7.42. The molecular weight excluding hydrogens is 389 g/mol. The van der Waals surface area contributed by atoms with Gasteiger partial charge in [0.15, 0.2) is 11.5 Å². The number of halogens is 1. The van der Waals surface area contributed by atoms with Crippen molar-refractivity contribution >= 4 is 5.91 Å². The van der Waals surface area contributed by atoms with Crippen LogP contribution in [0.4, 0.5) is 4.39 Å². The summed E-state index contributed by atoms with van der Waals surface area (Å²) in [6, 6.07) is 13.3. The summed E-state index contributed by atoms with van der Waals surface area (Å²) in [6.45, 7) is 1.37. The number of benzene rings is 2. The minimum Gasteiger partial charge on any atom is -0.485 e. The SMILES string of the molecule is O=C(C1COc2ccccc2O1)N1CCC(c2nnc(-c3ccc(F)cc3)o2)CC1. The molecule has 1 amide bonds. The highest BCUT2D eigenvalue weighted by molar-refractivity contribution is 5.82. The highest BCUT2D eigenvalue weighted by Gasteiger charge is 2.34. The second-order valence-electron chi connectivity index (χ2n) is 7.42. The Hall–Kier alpha value is -3.42. The number of rotatable bonds is 3. The standard InChI is InChI=1S/C22H20FN3O4/c23-16-7-5-14(6-8-16)20-24-25-21(30-20)15-9-11-26(12-10-15)22(27)19-13-28-17-3-1-2-4-18(17)29-19/h1-8,15,19H,9-13H2. The molecule has 0 spiro atoms. The molecule has 1 atom stereocenters. The van der Waals surface area contributed by atoms with Crippen LogP contribution in [-0.4, -0.2) is 46.8 Å². The van der Waals surface area contributed by atoms with Gasteiger partial charge in [0.05, 0.1) is 0 Å². The van der Waals surface area contributed by atoms with Gasteiger partial charge in [-0.05, 0) is 49.2 Å². The molecule has 2 aromatic carbocycles. The van der Waals surface area contributed by atoms with Gasteiger partial charge in [-0.3, -0.25) is 4.79 Å². The molecule has 3 heterocycles. The topological polar surface area (TPSA) is 77.7 Å². The number of hydrogen-bond acceptors (Lipinski definition) is 6. The monoisotopic (exact) mass is 409 g/mol. The molecule has 0 N–H and O–H groups in total. The minimum absolute atomic E-state index is 0.0690. The number of aromatic nitrogens is 2. The maximum Gasteiger partial charge on any atom is 0.267 e. The number of likely N-dealkylation sites (tertiary alicyclic amines) is 1. The van der Waals surface area contributed by atoms with E-state index in [-0.39, 0.29) is 24.2 Å². The van der Waals surface area contributed by atoms with E-state index < -0.39 is 6.10 Å². The van der Waals surface area contributed by atoms with Gasteiger partial charge in [-0.1, -0.05) is 12.1 Å². The molecule has 1 unspecified atom stereocenters. The summed E-state index contributed by atoms with van der Waals surface area (Å²) in [7, 11) is 0. The zero-order valence-corrected chi connectivity index (χ0v) is 16.2. The lowest BCUT2D eigenvalue weighted by molar-refractivity contribution is -0.142. The number of nitrogens with zero attached hydrogens (tertiary/aromatic N) is 3. The van der Waals surface area contributed by atoms with Crippen LogP contribution in [0.15, 0.2) is 52.9 Å². The molecule has 5 rings (SSSR count). The third kappa shape index (κ3) is 3.60. The fraction of sp³-hybridized carbons (Fsp3) is 0.318. The Bertz CT molecular complexity index is 1040. The van der Waals surface area contributed by atoms with Gasteiger partial charge in [0.1, 0.15) is 12.4 Å². The smallest absolute Gasteiger partial charge is 0.267 e. The fourth-order valence-electron chi connectivity index (χ4n) is 3.80. The van der Waals surface area contributed by atoms with Crippen molar-refractivity contribution in [3.8, 4) is 23.0 Å². The van der Waals surface area contributed by atoms with Gasteiger partial charge >= 0.3 is 0 Å². The molecule has 154 valence electrons. The van der Waals surface area contributed by atoms with Crippen molar-refractivity contribution in [2.75, 3.05) is 19.7 Å². The van der Waals surface area contributed by atoms with Crippen LogP contribution in [0.5, 0.6) is 11.5 Å². The Kier molecular flexibility index (Phi) is 4.82. The van der Waals surface area contributed by atoms with E-state index in [1.165, 1.54) is 12.1 Å². The van der Waals surface area contributed by atoms with E-state index in [1.807, 2.05) is 18.2 Å². The first-order valence-corrected chi connectivity index (χ1v) is 9.94. The van der Waals surface area contributed by atoms with Gasteiger partial charge < -0.3 is 18.8 Å². The molecule has 7 nitrogen and oxygen atoms in total. The molecule has 0 aliphatic carbocycles. The summed E-state index contributed by atoms with van der Waals surface area (Å²) in [4.78, 5) is 14.7. The number of fused-ring (bicyclic) bond motifs is 1. The number of piperidine rings is 1. The summed E-state index contributed by atoms with van der Waals surface area (Å²) in [6.07, 6.45) is 0.812. The summed E-state index contributed by atoms with van der Waals surface area (Å²) in [5, 5.41) is 8.25. The van der Waals surface area contributed by atoms with Crippen LogP contribution in [0.25, 0.3) is 11.5 Å². The Morgan fingerprint density at radius 3 is 2.50 bits per heavy atom. The van der Waals surface area contributed by atoms with Crippen molar-refractivity contribution in [2.45, 2.75) is 24.9 Å². The van der Waals surface area contributed by atoms with Crippen molar-refractivity contribution in [2.24, 2.45) is 0 Å². The largest absolute Gasteiger partial charge is 0.485 e. The van der Waals surface area contributed by atoms with Crippen LogP contribution >= 0.6 is 0 Å². The van der Waals surface area contributed by atoms with E-state index in [0.29, 0.717) is 41.9 Å². The van der Waals surface area contributed by atoms with Gasteiger partial charge in [-0.2, -0.15) is 0 Å². The second kappa shape index (κ2) is 7.78. The number of amides is 1. The average Bonchev–Trinajstić information content (AvgIpc) is 3.29.